The maximum Gasteiger partial charge on any atom is 0.328 e. The van der Waals surface area contributed by atoms with Crippen LogP contribution < -0.4 is 37.6 Å². The quantitative estimate of drug-likeness (QED) is 0.0532. The lowest BCUT2D eigenvalue weighted by Gasteiger charge is -2.28. The Morgan fingerprint density at radius 1 is 0.648 bits per heavy atom. The molecule has 11 N–H and O–H groups in total. The molecule has 0 aliphatic carbocycles. The van der Waals surface area contributed by atoms with Gasteiger partial charge < -0.3 is 53.0 Å². The third kappa shape index (κ3) is 17.4. The molecule has 0 radical (unpaired) electrons. The SMILES string of the molecule is CC(C)C[C@H](NC(=O)[C@H](CS)NC(=O)[C@H](Cc1ccccc1)NC(=O)CN)C(=O)N[C@@H](CC(C)C)C(=O)N[C@@H](CCC(=O)O)C(=O)N[C@H](C(=O)O)[C@@H](C)O. The molecule has 0 bridgehead atoms. The van der Waals surface area contributed by atoms with Crippen molar-refractivity contribution in [2.24, 2.45) is 17.6 Å². The van der Waals surface area contributed by atoms with Crippen LogP contribution >= 0.6 is 12.6 Å². The van der Waals surface area contributed by atoms with E-state index in [9.17, 15) is 53.7 Å². The highest BCUT2D eigenvalue weighted by Crippen LogP contribution is 2.11. The van der Waals surface area contributed by atoms with Crippen molar-refractivity contribution in [1.82, 2.24) is 31.9 Å². The van der Waals surface area contributed by atoms with Gasteiger partial charge in [0.05, 0.1) is 12.6 Å². The van der Waals surface area contributed by atoms with E-state index in [-0.39, 0.29) is 43.4 Å². The molecule has 0 aliphatic rings. The molecule has 1 aromatic rings. The fourth-order valence-corrected chi connectivity index (χ4v) is 5.44. The van der Waals surface area contributed by atoms with Gasteiger partial charge in [0.2, 0.25) is 35.4 Å². The summed E-state index contributed by atoms with van der Waals surface area (Å²) in [5.74, 6) is -8.17. The molecular weight excluding hydrogens is 726 g/mol. The fourth-order valence-electron chi connectivity index (χ4n) is 5.18. The maximum absolute atomic E-state index is 13.7. The van der Waals surface area contributed by atoms with Crippen LogP contribution in [0.25, 0.3) is 0 Å². The summed E-state index contributed by atoms with van der Waals surface area (Å²) in [6, 6.07) is 0.683. The number of carbonyl (C=O) groups is 8. The molecule has 54 heavy (non-hydrogen) atoms. The van der Waals surface area contributed by atoms with Crippen LogP contribution in [0, 0.1) is 11.8 Å². The molecule has 0 aromatic heterocycles. The number of thiol groups is 1. The molecule has 1 rings (SSSR count). The zero-order valence-corrected chi connectivity index (χ0v) is 32.1. The molecule has 0 saturated carbocycles. The average Bonchev–Trinajstić information content (AvgIpc) is 3.09. The van der Waals surface area contributed by atoms with E-state index in [2.05, 4.69) is 44.5 Å². The van der Waals surface area contributed by atoms with Crippen molar-refractivity contribution in [3.63, 3.8) is 0 Å². The number of benzene rings is 1. The van der Waals surface area contributed by atoms with Crippen LogP contribution in [0.3, 0.4) is 0 Å². The van der Waals surface area contributed by atoms with Gasteiger partial charge in [0.25, 0.3) is 0 Å². The molecular formula is C35H55N7O11S. The average molecular weight is 782 g/mol. The zero-order chi connectivity index (χ0) is 41.1. The van der Waals surface area contributed by atoms with Crippen LogP contribution in [0.2, 0.25) is 0 Å². The topological polar surface area (TPSA) is 295 Å². The standard InChI is InChI=1S/C35H55N7O11S/c1-18(2)13-23(31(48)38-22(11-12-28(45)46)30(47)42-29(20(5)43)35(52)53)39-32(49)24(14-19(3)4)40-34(51)26(17-54)41-33(50)25(37-27(44)16-36)15-21-9-7-6-8-10-21/h6-10,18-20,22-26,29,43,54H,11-17,36H2,1-5H3,(H,37,44)(H,38,48)(H,39,49)(H,40,51)(H,41,50)(H,42,47)(H,45,46)(H,52,53)/t20-,22+,23+,24+,25+,26+,29+/m1/s1. The molecule has 19 heteroatoms. The number of nitrogens with one attached hydrogen (secondary N) is 6. The minimum Gasteiger partial charge on any atom is -0.481 e. The van der Waals surface area contributed by atoms with E-state index in [4.69, 9.17) is 5.73 Å². The Bertz CT molecular complexity index is 1450. The van der Waals surface area contributed by atoms with E-state index >= 15 is 0 Å². The van der Waals surface area contributed by atoms with Crippen LogP contribution in [0.15, 0.2) is 30.3 Å². The van der Waals surface area contributed by atoms with E-state index in [1.807, 2.05) is 0 Å². The molecule has 0 fully saturated rings. The smallest absolute Gasteiger partial charge is 0.328 e. The fraction of sp³-hybridized carbons (Fsp3) is 0.600. The molecule has 6 amide bonds. The summed E-state index contributed by atoms with van der Waals surface area (Å²) in [6.45, 7) is 7.86. The zero-order valence-electron chi connectivity index (χ0n) is 31.2. The van der Waals surface area contributed by atoms with Crippen LogP contribution in [-0.2, 0) is 44.8 Å². The second-order valence-corrected chi connectivity index (χ2v) is 14.1. The number of aliphatic hydroxyl groups excluding tert-OH is 1. The minimum absolute atomic E-state index is 0.0469. The number of hydrogen-bond donors (Lipinski definition) is 11. The number of rotatable bonds is 24. The van der Waals surface area contributed by atoms with E-state index in [0.29, 0.717) is 0 Å². The Morgan fingerprint density at radius 3 is 1.52 bits per heavy atom. The number of amides is 6. The van der Waals surface area contributed by atoms with Crippen LogP contribution in [0.5, 0.6) is 0 Å². The number of carbonyl (C=O) groups excluding carboxylic acids is 6. The van der Waals surface area contributed by atoms with Crippen molar-refractivity contribution in [2.45, 2.75) is 109 Å². The molecule has 18 nitrogen and oxygen atoms in total. The van der Waals surface area contributed by atoms with Gasteiger partial charge in [-0.15, -0.1) is 0 Å². The number of aliphatic hydroxyl groups is 1. The normalized spacial score (nSPS) is 15.0. The van der Waals surface area contributed by atoms with Gasteiger partial charge in [-0.25, -0.2) is 4.79 Å². The third-order valence-electron chi connectivity index (χ3n) is 7.94. The highest BCUT2D eigenvalue weighted by atomic mass is 32.1. The lowest BCUT2D eigenvalue weighted by atomic mass is 9.99. The lowest BCUT2D eigenvalue weighted by molar-refractivity contribution is -0.145. The first-order valence-electron chi connectivity index (χ1n) is 17.6. The monoisotopic (exact) mass is 781 g/mol. The van der Waals surface area contributed by atoms with Crippen molar-refractivity contribution >= 4 is 60.0 Å². The molecule has 302 valence electrons. The molecule has 0 saturated heterocycles. The highest BCUT2D eigenvalue weighted by Gasteiger charge is 2.34. The van der Waals surface area contributed by atoms with Crippen molar-refractivity contribution in [3.05, 3.63) is 35.9 Å². The van der Waals surface area contributed by atoms with E-state index in [1.165, 1.54) is 0 Å². The second-order valence-electron chi connectivity index (χ2n) is 13.7. The van der Waals surface area contributed by atoms with E-state index < -0.39 is 103 Å². The molecule has 7 atom stereocenters. The van der Waals surface area contributed by atoms with Gasteiger partial charge in [0, 0.05) is 18.6 Å². The van der Waals surface area contributed by atoms with Gasteiger partial charge in [-0.1, -0.05) is 58.0 Å². The Balaban J connectivity index is 3.24. The highest BCUT2D eigenvalue weighted by molar-refractivity contribution is 7.80. The van der Waals surface area contributed by atoms with Gasteiger partial charge in [0.1, 0.15) is 30.2 Å². The second kappa shape index (κ2) is 23.8. The van der Waals surface area contributed by atoms with Gasteiger partial charge >= 0.3 is 11.9 Å². The largest absolute Gasteiger partial charge is 0.481 e. The summed E-state index contributed by atoms with van der Waals surface area (Å²) in [6.07, 6.45) is -2.30. The molecule has 0 spiro atoms. The van der Waals surface area contributed by atoms with Gasteiger partial charge in [-0.2, -0.15) is 12.6 Å². The number of carboxylic acids is 2. The summed E-state index contributed by atoms with van der Waals surface area (Å²) in [5.41, 5.74) is 6.17. The van der Waals surface area contributed by atoms with Crippen LogP contribution in [-0.4, -0.2) is 117 Å². The first-order valence-corrected chi connectivity index (χ1v) is 18.2. The molecule has 0 heterocycles. The van der Waals surface area contributed by atoms with Crippen molar-refractivity contribution in [3.8, 4) is 0 Å². The predicted octanol–water partition coefficient (Wildman–Crippen LogP) is -1.55. The maximum atomic E-state index is 13.7. The summed E-state index contributed by atoms with van der Waals surface area (Å²) >= 11 is 4.22. The van der Waals surface area contributed by atoms with E-state index in [0.717, 1.165) is 12.5 Å². The van der Waals surface area contributed by atoms with Crippen LogP contribution in [0.1, 0.15) is 65.9 Å². The number of nitrogens with two attached hydrogens (primary N) is 1. The summed E-state index contributed by atoms with van der Waals surface area (Å²) < 4.78 is 0. The molecule has 0 unspecified atom stereocenters. The Kier molecular flexibility index (Phi) is 20.9. The van der Waals surface area contributed by atoms with Gasteiger partial charge in [0.15, 0.2) is 6.04 Å². The first-order chi connectivity index (χ1) is 25.3. The lowest BCUT2D eigenvalue weighted by Crippen LogP contribution is -2.60. The minimum atomic E-state index is -1.75. The molecule has 0 aliphatic heterocycles. The molecule has 1 aromatic carbocycles. The van der Waals surface area contributed by atoms with Crippen molar-refractivity contribution < 1.29 is 53.7 Å². The van der Waals surface area contributed by atoms with Gasteiger partial charge in [-0.3, -0.25) is 33.6 Å². The Morgan fingerprint density at radius 2 is 1.09 bits per heavy atom. The summed E-state index contributed by atoms with van der Waals surface area (Å²) in [5, 5.41) is 43.2. The van der Waals surface area contributed by atoms with Gasteiger partial charge in [-0.05, 0) is 43.6 Å². The van der Waals surface area contributed by atoms with Crippen molar-refractivity contribution in [2.75, 3.05) is 12.3 Å². The predicted molar refractivity (Wildman–Crippen MR) is 200 cm³/mol. The number of hydrogen-bond acceptors (Lipinski definition) is 11. The van der Waals surface area contributed by atoms with Crippen molar-refractivity contribution in [1.29, 1.82) is 0 Å². The summed E-state index contributed by atoms with van der Waals surface area (Å²) in [4.78, 5) is 102. The number of aliphatic carboxylic acids is 2. The van der Waals surface area contributed by atoms with E-state index in [1.54, 1.807) is 58.0 Å². The third-order valence-corrected chi connectivity index (χ3v) is 8.31. The Hall–Kier alpha value is -4.75. The van der Waals surface area contributed by atoms with Crippen LogP contribution in [0.4, 0.5) is 0 Å². The first kappa shape index (κ1) is 47.3. The summed E-state index contributed by atoms with van der Waals surface area (Å²) in [7, 11) is 0. The Labute approximate surface area is 319 Å². The number of carboxylic acid groups (broad SMARTS) is 2.